The normalized spacial score (nSPS) is 15.1. The lowest BCUT2D eigenvalue weighted by atomic mass is 9.82. The van der Waals surface area contributed by atoms with E-state index in [0.29, 0.717) is 5.92 Å². The van der Waals surface area contributed by atoms with Crippen molar-refractivity contribution < 1.29 is 0 Å². The lowest BCUT2D eigenvalue weighted by Gasteiger charge is -2.30. The maximum Gasteiger partial charge on any atom is 0.0546 e. The van der Waals surface area contributed by atoms with Gasteiger partial charge in [0.25, 0.3) is 0 Å². The van der Waals surface area contributed by atoms with Gasteiger partial charge in [-0.15, -0.1) is 0 Å². The Balaban J connectivity index is 0.923. The average molecular weight is 929 g/mol. The number of nitrogens with zero attached hydrogens (tertiary/aromatic N) is 2. The van der Waals surface area contributed by atoms with Crippen molar-refractivity contribution in [2.75, 3.05) is 9.80 Å². The molecule has 0 unspecified atom stereocenters. The molecular formula is C70H60N2. The van der Waals surface area contributed by atoms with Crippen molar-refractivity contribution in [3.05, 3.63) is 252 Å². The predicted octanol–water partition coefficient (Wildman–Crippen LogP) is 19.8. The van der Waals surface area contributed by atoms with Crippen LogP contribution < -0.4 is 9.80 Å². The zero-order valence-electron chi connectivity index (χ0n) is 41.9. The Morgan fingerprint density at radius 1 is 0.347 bits per heavy atom. The van der Waals surface area contributed by atoms with Gasteiger partial charge in [0.15, 0.2) is 0 Å². The number of anilines is 6. The van der Waals surface area contributed by atoms with Crippen LogP contribution in [0.15, 0.2) is 224 Å². The number of hydrogen-bond donors (Lipinski definition) is 0. The zero-order chi connectivity index (χ0) is 48.6. The maximum atomic E-state index is 2.49. The van der Waals surface area contributed by atoms with Gasteiger partial charge in [0.05, 0.1) is 5.69 Å². The quantitative estimate of drug-likeness (QED) is 0.142. The summed E-state index contributed by atoms with van der Waals surface area (Å²) in [5.74, 6) is 0.645. The van der Waals surface area contributed by atoms with Gasteiger partial charge in [-0.3, -0.25) is 0 Å². The van der Waals surface area contributed by atoms with Gasteiger partial charge >= 0.3 is 0 Å². The van der Waals surface area contributed by atoms with Gasteiger partial charge in [0, 0.05) is 44.8 Å². The summed E-state index contributed by atoms with van der Waals surface area (Å²) in [7, 11) is 0. The van der Waals surface area contributed by atoms with E-state index < -0.39 is 0 Å². The monoisotopic (exact) mass is 928 g/mol. The minimum absolute atomic E-state index is 0.126. The molecule has 0 amide bonds. The molecule has 350 valence electrons. The van der Waals surface area contributed by atoms with Crippen molar-refractivity contribution in [2.45, 2.75) is 76.5 Å². The third kappa shape index (κ3) is 7.30. The van der Waals surface area contributed by atoms with E-state index in [0.717, 1.165) is 34.1 Å². The number of rotatable bonds is 9. The molecule has 3 aliphatic carbocycles. The van der Waals surface area contributed by atoms with Crippen molar-refractivity contribution in [3.63, 3.8) is 0 Å². The minimum Gasteiger partial charge on any atom is -0.310 e. The van der Waals surface area contributed by atoms with Crippen molar-refractivity contribution >= 4 is 44.9 Å². The van der Waals surface area contributed by atoms with E-state index in [1.165, 1.54) is 115 Å². The molecule has 0 heterocycles. The molecule has 1 saturated carbocycles. The summed E-state index contributed by atoms with van der Waals surface area (Å²) in [6, 6.07) is 84.4. The van der Waals surface area contributed by atoms with Crippen molar-refractivity contribution in [3.8, 4) is 44.5 Å². The van der Waals surface area contributed by atoms with Crippen LogP contribution in [-0.2, 0) is 10.8 Å². The Morgan fingerprint density at radius 2 is 0.861 bits per heavy atom. The Kier molecular flexibility index (Phi) is 10.7. The Hall–Kier alpha value is -7.94. The van der Waals surface area contributed by atoms with Crippen LogP contribution in [0.1, 0.15) is 93.5 Å². The SMILES string of the molecule is CC1(C)c2ccccc2-c2ccc(N(c3cccc(-c4ccc(N(c5ccc(C6CCCCC6)cc5)c5ccc6ccccc6c5-c5ccccc5)cc4)c3)c3ccc4c(c3)C(C)(C)c3ccccc3-4)cc21. The molecule has 0 atom stereocenters. The summed E-state index contributed by atoms with van der Waals surface area (Å²) in [6.45, 7) is 9.51. The highest BCUT2D eigenvalue weighted by atomic mass is 15.1. The highest BCUT2D eigenvalue weighted by Gasteiger charge is 2.38. The summed E-state index contributed by atoms with van der Waals surface area (Å²) < 4.78 is 0. The van der Waals surface area contributed by atoms with E-state index in [1.54, 1.807) is 0 Å². The fraction of sp³-hybridized carbons (Fsp3) is 0.171. The van der Waals surface area contributed by atoms with E-state index in [9.17, 15) is 0 Å². The van der Waals surface area contributed by atoms with E-state index in [2.05, 4.69) is 262 Å². The Bertz CT molecular complexity index is 3560. The molecule has 2 heteroatoms. The molecule has 13 rings (SSSR count). The molecule has 0 N–H and O–H groups in total. The summed E-state index contributed by atoms with van der Waals surface area (Å²) in [6.07, 6.45) is 6.58. The highest BCUT2D eigenvalue weighted by Crippen LogP contribution is 2.54. The van der Waals surface area contributed by atoms with E-state index in [4.69, 9.17) is 0 Å². The second-order valence-corrected chi connectivity index (χ2v) is 21.5. The topological polar surface area (TPSA) is 6.48 Å². The summed E-state index contributed by atoms with van der Waals surface area (Å²) in [5, 5.41) is 2.48. The standard InChI is InChI=1S/C70H60N2/c1-69(2)63-28-15-13-26-59(63)61-41-39-56(45-65(61)69)71(57-40-42-62-60-27-14-16-29-64(60)70(3,4)66(62)46-57)55-24-17-23-52(44-55)49-32-37-54(38-33-49)72(53-35-30-48(31-36-53)47-18-7-5-8-19-47)67-43-34-50-20-11-12-25-58(50)68(67)51-21-9-6-10-22-51/h6,9-17,20-47H,5,7-8,18-19H2,1-4H3. The first-order chi connectivity index (χ1) is 35.2. The van der Waals surface area contributed by atoms with Crippen LogP contribution in [0.25, 0.3) is 55.3 Å². The maximum absolute atomic E-state index is 2.49. The molecule has 0 spiro atoms. The lowest BCUT2D eigenvalue weighted by Crippen LogP contribution is -2.18. The van der Waals surface area contributed by atoms with Gasteiger partial charge in [-0.1, -0.05) is 205 Å². The van der Waals surface area contributed by atoms with Gasteiger partial charge in [-0.05, 0) is 163 Å². The van der Waals surface area contributed by atoms with E-state index >= 15 is 0 Å². The van der Waals surface area contributed by atoms with Crippen LogP contribution in [0, 0.1) is 0 Å². The van der Waals surface area contributed by atoms with Crippen molar-refractivity contribution in [1.29, 1.82) is 0 Å². The van der Waals surface area contributed by atoms with Gasteiger partial charge in [0.2, 0.25) is 0 Å². The summed E-state index contributed by atoms with van der Waals surface area (Å²) in [4.78, 5) is 4.96. The van der Waals surface area contributed by atoms with Gasteiger partial charge in [0.1, 0.15) is 0 Å². The smallest absolute Gasteiger partial charge is 0.0546 e. The van der Waals surface area contributed by atoms with Crippen LogP contribution in [-0.4, -0.2) is 0 Å². The Labute approximate surface area is 425 Å². The second-order valence-electron chi connectivity index (χ2n) is 21.5. The fourth-order valence-electron chi connectivity index (χ4n) is 12.9. The molecule has 3 aliphatic rings. The van der Waals surface area contributed by atoms with Crippen molar-refractivity contribution in [2.24, 2.45) is 0 Å². The third-order valence-corrected chi connectivity index (χ3v) is 16.7. The molecule has 0 bridgehead atoms. The largest absolute Gasteiger partial charge is 0.310 e. The highest BCUT2D eigenvalue weighted by molar-refractivity contribution is 6.05. The molecule has 72 heavy (non-hydrogen) atoms. The van der Waals surface area contributed by atoms with Crippen LogP contribution in [0.4, 0.5) is 34.1 Å². The predicted molar refractivity (Wildman–Crippen MR) is 305 cm³/mol. The number of benzene rings is 10. The van der Waals surface area contributed by atoms with Crippen LogP contribution in [0.2, 0.25) is 0 Å². The van der Waals surface area contributed by atoms with Crippen LogP contribution >= 0.6 is 0 Å². The van der Waals surface area contributed by atoms with Gasteiger partial charge in [-0.2, -0.15) is 0 Å². The molecular weight excluding hydrogens is 869 g/mol. The molecule has 10 aromatic rings. The van der Waals surface area contributed by atoms with E-state index in [-0.39, 0.29) is 10.8 Å². The summed E-state index contributed by atoms with van der Waals surface area (Å²) in [5.41, 5.74) is 23.7. The molecule has 0 radical (unpaired) electrons. The second kappa shape index (κ2) is 17.4. The molecule has 2 nitrogen and oxygen atoms in total. The molecule has 0 aromatic heterocycles. The first-order valence-corrected chi connectivity index (χ1v) is 26.2. The summed E-state index contributed by atoms with van der Waals surface area (Å²) >= 11 is 0. The number of fused-ring (bicyclic) bond motifs is 7. The first kappa shape index (κ1) is 44.0. The van der Waals surface area contributed by atoms with Crippen molar-refractivity contribution in [1.82, 2.24) is 0 Å². The van der Waals surface area contributed by atoms with Gasteiger partial charge < -0.3 is 9.80 Å². The average Bonchev–Trinajstić information content (AvgIpc) is 3.80. The van der Waals surface area contributed by atoms with E-state index in [1.807, 2.05) is 0 Å². The Morgan fingerprint density at radius 3 is 1.50 bits per heavy atom. The zero-order valence-corrected chi connectivity index (χ0v) is 41.9. The van der Waals surface area contributed by atoms with Crippen LogP contribution in [0.5, 0.6) is 0 Å². The molecule has 10 aromatic carbocycles. The molecule has 0 aliphatic heterocycles. The van der Waals surface area contributed by atoms with Gasteiger partial charge in [-0.25, -0.2) is 0 Å². The number of hydrogen-bond acceptors (Lipinski definition) is 2. The third-order valence-electron chi connectivity index (χ3n) is 16.7. The molecule has 1 fully saturated rings. The first-order valence-electron chi connectivity index (χ1n) is 26.2. The van der Waals surface area contributed by atoms with Crippen LogP contribution in [0.3, 0.4) is 0 Å². The lowest BCUT2D eigenvalue weighted by molar-refractivity contribution is 0.443. The minimum atomic E-state index is -0.126. The molecule has 0 saturated heterocycles. The fourth-order valence-corrected chi connectivity index (χ4v) is 12.9.